The summed E-state index contributed by atoms with van der Waals surface area (Å²) in [7, 11) is 3.07. The lowest BCUT2D eigenvalue weighted by atomic mass is 10.1. The van der Waals surface area contributed by atoms with E-state index < -0.39 is 5.82 Å². The summed E-state index contributed by atoms with van der Waals surface area (Å²) in [5.41, 5.74) is 1.26. The van der Waals surface area contributed by atoms with Crippen LogP contribution in [0.3, 0.4) is 0 Å². The maximum Gasteiger partial charge on any atom is 0.254 e. The normalized spacial score (nSPS) is 13.9. The van der Waals surface area contributed by atoms with E-state index in [1.54, 1.807) is 42.3 Å². The predicted molar refractivity (Wildman–Crippen MR) is 98.8 cm³/mol. The van der Waals surface area contributed by atoms with E-state index in [0.29, 0.717) is 54.5 Å². The number of carbonyl (C=O) groups excluding carboxylic acids is 1. The van der Waals surface area contributed by atoms with E-state index >= 15 is 0 Å². The van der Waals surface area contributed by atoms with Crippen molar-refractivity contribution in [2.24, 2.45) is 0 Å². The number of hydrogen-bond donors (Lipinski definition) is 0. The second-order valence-electron chi connectivity index (χ2n) is 6.13. The van der Waals surface area contributed by atoms with Crippen LogP contribution in [0.2, 0.25) is 0 Å². The Kier molecular flexibility index (Phi) is 5.46. The zero-order chi connectivity index (χ0) is 19.4. The van der Waals surface area contributed by atoms with Crippen molar-refractivity contribution in [2.75, 3.05) is 45.3 Å². The van der Waals surface area contributed by atoms with Gasteiger partial charge in [0.2, 0.25) is 0 Å². The monoisotopic (exact) mass is 369 g/mol. The molecule has 0 aromatic heterocycles. The molecule has 1 saturated heterocycles. The second kappa shape index (κ2) is 7.96. The van der Waals surface area contributed by atoms with Gasteiger partial charge < -0.3 is 19.3 Å². The first-order chi connectivity index (χ1) is 13.1. The molecule has 0 N–H and O–H groups in total. The SMILES string of the molecule is COc1ccc(C(=O)N2CCN(c3ccc(C#N)cc3F)CC2)cc1OC. The van der Waals surface area contributed by atoms with Gasteiger partial charge in [0.25, 0.3) is 5.91 Å². The quantitative estimate of drug-likeness (QED) is 0.829. The third-order valence-electron chi connectivity index (χ3n) is 4.61. The Bertz CT molecular complexity index is 887. The Morgan fingerprint density at radius 3 is 2.33 bits per heavy atom. The molecule has 140 valence electrons. The Labute approximate surface area is 157 Å². The van der Waals surface area contributed by atoms with E-state index in [9.17, 15) is 9.18 Å². The summed E-state index contributed by atoms with van der Waals surface area (Å²) in [6.45, 7) is 1.99. The van der Waals surface area contributed by atoms with Crippen LogP contribution in [0.15, 0.2) is 36.4 Å². The number of piperazine rings is 1. The molecule has 0 radical (unpaired) electrons. The molecular formula is C20H20FN3O3. The molecule has 0 saturated carbocycles. The molecule has 1 amide bonds. The van der Waals surface area contributed by atoms with Gasteiger partial charge in [-0.25, -0.2) is 4.39 Å². The number of benzene rings is 2. The summed E-state index contributed by atoms with van der Waals surface area (Å²) < 4.78 is 24.6. The molecule has 1 aliphatic rings. The van der Waals surface area contributed by atoms with Gasteiger partial charge in [-0.15, -0.1) is 0 Å². The maximum absolute atomic E-state index is 14.2. The Morgan fingerprint density at radius 2 is 1.74 bits per heavy atom. The highest BCUT2D eigenvalue weighted by molar-refractivity contribution is 5.95. The molecule has 0 unspecified atom stereocenters. The first kappa shape index (κ1) is 18.5. The van der Waals surface area contributed by atoms with Crippen LogP contribution >= 0.6 is 0 Å². The molecule has 0 aliphatic carbocycles. The van der Waals surface area contributed by atoms with Crippen LogP contribution in [0.4, 0.5) is 10.1 Å². The van der Waals surface area contributed by atoms with Crippen molar-refractivity contribution in [3.8, 4) is 17.6 Å². The van der Waals surface area contributed by atoms with E-state index in [2.05, 4.69) is 0 Å². The molecule has 0 atom stereocenters. The van der Waals surface area contributed by atoms with Crippen molar-refractivity contribution in [1.82, 2.24) is 4.90 Å². The first-order valence-corrected chi connectivity index (χ1v) is 8.53. The topological polar surface area (TPSA) is 65.8 Å². The first-order valence-electron chi connectivity index (χ1n) is 8.53. The average Bonchev–Trinajstić information content (AvgIpc) is 2.72. The highest BCUT2D eigenvalue weighted by atomic mass is 19.1. The second-order valence-corrected chi connectivity index (χ2v) is 6.13. The fourth-order valence-corrected chi connectivity index (χ4v) is 3.14. The Hall–Kier alpha value is -3.27. The Balaban J connectivity index is 1.69. The number of amides is 1. The lowest BCUT2D eigenvalue weighted by Crippen LogP contribution is -2.49. The number of ether oxygens (including phenoxy) is 2. The van der Waals surface area contributed by atoms with E-state index in [1.165, 1.54) is 13.2 Å². The summed E-state index contributed by atoms with van der Waals surface area (Å²) in [6, 6.07) is 11.4. The van der Waals surface area contributed by atoms with Gasteiger partial charge in [-0.3, -0.25) is 4.79 Å². The van der Waals surface area contributed by atoms with Crippen LogP contribution in [0.5, 0.6) is 11.5 Å². The van der Waals surface area contributed by atoms with Gasteiger partial charge in [-0.2, -0.15) is 5.26 Å². The molecule has 27 heavy (non-hydrogen) atoms. The lowest BCUT2D eigenvalue weighted by Gasteiger charge is -2.36. The smallest absolute Gasteiger partial charge is 0.254 e. The standard InChI is InChI=1S/C20H20FN3O3/c1-26-18-6-4-15(12-19(18)27-2)20(25)24-9-7-23(8-10-24)17-5-3-14(13-22)11-16(17)21/h3-6,11-12H,7-10H2,1-2H3. The third kappa shape index (κ3) is 3.80. The van der Waals surface area contributed by atoms with Crippen molar-refractivity contribution in [3.05, 3.63) is 53.3 Å². The molecule has 2 aromatic rings. The average molecular weight is 369 g/mol. The number of methoxy groups -OCH3 is 2. The Morgan fingerprint density at radius 1 is 1.04 bits per heavy atom. The largest absolute Gasteiger partial charge is 0.493 e. The van der Waals surface area contributed by atoms with Gasteiger partial charge >= 0.3 is 0 Å². The minimum atomic E-state index is -0.422. The van der Waals surface area contributed by atoms with Gasteiger partial charge in [0.05, 0.1) is 31.5 Å². The van der Waals surface area contributed by atoms with Crippen LogP contribution in [-0.2, 0) is 0 Å². The highest BCUT2D eigenvalue weighted by Crippen LogP contribution is 2.28. The van der Waals surface area contributed by atoms with Gasteiger partial charge in [-0.05, 0) is 36.4 Å². The van der Waals surface area contributed by atoms with Crippen molar-refractivity contribution in [1.29, 1.82) is 5.26 Å². The number of anilines is 1. The van der Waals surface area contributed by atoms with E-state index in [0.717, 1.165) is 0 Å². The van der Waals surface area contributed by atoms with Gasteiger partial charge in [-0.1, -0.05) is 0 Å². The molecule has 2 aromatic carbocycles. The molecule has 7 heteroatoms. The minimum absolute atomic E-state index is 0.101. The molecular weight excluding hydrogens is 349 g/mol. The zero-order valence-electron chi connectivity index (χ0n) is 15.2. The number of halogens is 1. The summed E-state index contributed by atoms with van der Waals surface area (Å²) >= 11 is 0. The molecule has 1 fully saturated rings. The van der Waals surface area contributed by atoms with Crippen LogP contribution in [0.25, 0.3) is 0 Å². The number of carbonyl (C=O) groups is 1. The molecule has 6 nitrogen and oxygen atoms in total. The van der Waals surface area contributed by atoms with Gasteiger partial charge in [0.1, 0.15) is 5.82 Å². The lowest BCUT2D eigenvalue weighted by molar-refractivity contribution is 0.0746. The number of nitriles is 1. The molecule has 3 rings (SSSR count). The van der Waals surface area contributed by atoms with Crippen molar-refractivity contribution >= 4 is 11.6 Å². The fraction of sp³-hybridized carbons (Fsp3) is 0.300. The summed E-state index contributed by atoms with van der Waals surface area (Å²) in [5, 5.41) is 8.85. The molecule has 1 aliphatic heterocycles. The number of hydrogen-bond acceptors (Lipinski definition) is 5. The summed E-state index contributed by atoms with van der Waals surface area (Å²) in [5.74, 6) is 0.543. The minimum Gasteiger partial charge on any atom is -0.493 e. The van der Waals surface area contributed by atoms with Gasteiger partial charge in [0, 0.05) is 31.7 Å². The fourth-order valence-electron chi connectivity index (χ4n) is 3.14. The predicted octanol–water partition coefficient (Wildman–Crippen LogP) is 2.68. The van der Waals surface area contributed by atoms with E-state index in [-0.39, 0.29) is 5.91 Å². The van der Waals surface area contributed by atoms with Crippen molar-refractivity contribution in [3.63, 3.8) is 0 Å². The summed E-state index contributed by atoms with van der Waals surface area (Å²) in [4.78, 5) is 16.4. The molecule has 1 heterocycles. The van der Waals surface area contributed by atoms with Crippen LogP contribution in [-0.4, -0.2) is 51.2 Å². The third-order valence-corrected chi connectivity index (χ3v) is 4.61. The number of rotatable bonds is 4. The van der Waals surface area contributed by atoms with Crippen LogP contribution < -0.4 is 14.4 Å². The van der Waals surface area contributed by atoms with Crippen LogP contribution in [0.1, 0.15) is 15.9 Å². The summed E-state index contributed by atoms with van der Waals surface area (Å²) in [6.07, 6.45) is 0. The maximum atomic E-state index is 14.2. The number of nitrogens with zero attached hydrogens (tertiary/aromatic N) is 3. The van der Waals surface area contributed by atoms with E-state index in [1.807, 2.05) is 11.0 Å². The van der Waals surface area contributed by atoms with E-state index in [4.69, 9.17) is 14.7 Å². The van der Waals surface area contributed by atoms with Crippen molar-refractivity contribution in [2.45, 2.75) is 0 Å². The van der Waals surface area contributed by atoms with Gasteiger partial charge in [0.15, 0.2) is 11.5 Å². The molecule has 0 spiro atoms. The van der Waals surface area contributed by atoms with Crippen molar-refractivity contribution < 1.29 is 18.7 Å². The highest BCUT2D eigenvalue weighted by Gasteiger charge is 2.24. The molecule has 0 bridgehead atoms. The zero-order valence-corrected chi connectivity index (χ0v) is 15.2. The van der Waals surface area contributed by atoms with Crippen LogP contribution in [0, 0.1) is 17.1 Å².